The number of benzene rings is 2. The smallest absolute Gasteiger partial charge is 0.227 e. The van der Waals surface area contributed by atoms with Crippen LogP contribution in [0.4, 0.5) is 0 Å². The van der Waals surface area contributed by atoms with Gasteiger partial charge in [-0.3, -0.25) is 4.79 Å². The van der Waals surface area contributed by atoms with E-state index in [0.29, 0.717) is 23.0 Å². The normalized spacial score (nSPS) is 18.7. The van der Waals surface area contributed by atoms with E-state index >= 15 is 0 Å². The van der Waals surface area contributed by atoms with Crippen LogP contribution in [0, 0.1) is 0 Å². The second-order valence-corrected chi connectivity index (χ2v) is 8.60. The highest BCUT2D eigenvalue weighted by Gasteiger charge is 2.34. The molecule has 2 aliphatic heterocycles. The fraction of sp³-hybridized carbons (Fsp3) is 0.409. The molecule has 5 nitrogen and oxygen atoms in total. The largest absolute Gasteiger partial charge is 0.504 e. The monoisotopic (exact) mass is 470 g/mol. The van der Waals surface area contributed by atoms with Gasteiger partial charge in [0.2, 0.25) is 5.91 Å². The van der Waals surface area contributed by atoms with E-state index in [1.54, 1.807) is 12.1 Å². The Balaban J connectivity index is 0.00000256. The third-order valence-corrected chi connectivity index (χ3v) is 6.66. The Morgan fingerprint density at radius 2 is 1.77 bits per heavy atom. The summed E-state index contributed by atoms with van der Waals surface area (Å²) in [4.78, 5) is 17.5. The van der Waals surface area contributed by atoms with Crippen molar-refractivity contribution in [2.24, 2.45) is 0 Å². The summed E-state index contributed by atoms with van der Waals surface area (Å²) >= 11 is 12.1. The van der Waals surface area contributed by atoms with Crippen LogP contribution in [0.25, 0.3) is 0 Å². The van der Waals surface area contributed by atoms with E-state index in [1.165, 1.54) is 6.07 Å². The van der Waals surface area contributed by atoms with Crippen molar-refractivity contribution in [1.29, 1.82) is 0 Å². The molecule has 0 spiro atoms. The summed E-state index contributed by atoms with van der Waals surface area (Å²) < 4.78 is 0. The van der Waals surface area contributed by atoms with Gasteiger partial charge in [-0.25, -0.2) is 0 Å². The number of carbonyl (C=O) groups excluding carboxylic acids is 1. The number of nitrogens with zero attached hydrogens (tertiary/aromatic N) is 2. The summed E-state index contributed by atoms with van der Waals surface area (Å²) in [7, 11) is 0. The number of halogens is 3. The maximum Gasteiger partial charge on any atom is 0.227 e. The van der Waals surface area contributed by atoms with Crippen LogP contribution < -0.4 is 0 Å². The third-order valence-electron chi connectivity index (χ3n) is 5.93. The van der Waals surface area contributed by atoms with E-state index < -0.39 is 0 Å². The van der Waals surface area contributed by atoms with Crippen LogP contribution in [0.2, 0.25) is 10.0 Å². The van der Waals surface area contributed by atoms with Crippen molar-refractivity contribution in [2.75, 3.05) is 26.2 Å². The number of rotatable bonds is 4. The van der Waals surface area contributed by atoms with Gasteiger partial charge < -0.3 is 20.0 Å². The number of phenols is 2. The Labute approximate surface area is 192 Å². The SMILES string of the molecule is Cl.O=C(Cc1ccc(Cl)c(Cl)c1)N1CCc2c(ccc(O)c2O)C1CN1CCCC1. The van der Waals surface area contributed by atoms with Crippen LogP contribution in [-0.2, 0) is 17.6 Å². The Hall–Kier alpha value is -1.66. The maximum atomic E-state index is 13.2. The predicted octanol–water partition coefficient (Wildman–Crippen LogP) is 4.59. The number of phenolic OH excluding ortho intramolecular Hbond substituents is 2. The van der Waals surface area contributed by atoms with Gasteiger partial charge in [0.15, 0.2) is 11.5 Å². The van der Waals surface area contributed by atoms with E-state index in [-0.39, 0.29) is 42.3 Å². The number of aromatic hydroxyl groups is 2. The van der Waals surface area contributed by atoms with Crippen molar-refractivity contribution < 1.29 is 15.0 Å². The number of hydrogen-bond acceptors (Lipinski definition) is 4. The molecule has 0 aromatic heterocycles. The first-order chi connectivity index (χ1) is 13.9. The molecule has 30 heavy (non-hydrogen) atoms. The minimum Gasteiger partial charge on any atom is -0.504 e. The quantitative estimate of drug-likeness (QED) is 0.640. The Kier molecular flexibility index (Phi) is 7.40. The topological polar surface area (TPSA) is 64.0 Å². The maximum absolute atomic E-state index is 13.2. The number of hydrogen-bond donors (Lipinski definition) is 2. The lowest BCUT2D eigenvalue weighted by atomic mass is 9.90. The molecule has 0 radical (unpaired) electrons. The van der Waals surface area contributed by atoms with Gasteiger partial charge in [0.1, 0.15) is 0 Å². The molecule has 2 aliphatic rings. The second-order valence-electron chi connectivity index (χ2n) is 7.79. The van der Waals surface area contributed by atoms with E-state index in [2.05, 4.69) is 4.90 Å². The van der Waals surface area contributed by atoms with Gasteiger partial charge >= 0.3 is 0 Å². The molecule has 0 aliphatic carbocycles. The van der Waals surface area contributed by atoms with Crippen molar-refractivity contribution in [1.82, 2.24) is 9.80 Å². The molecule has 8 heteroatoms. The standard InChI is InChI=1S/C22H24Cl2N2O3.ClH/c23-17-5-3-14(11-18(17)24)12-21(28)26-10-7-16-15(4-6-20(27)22(16)29)19(26)13-25-8-1-2-9-25;/h3-6,11,19,27,29H,1-2,7-10,12-13H2;1H. The molecule has 4 rings (SSSR count). The summed E-state index contributed by atoms with van der Waals surface area (Å²) in [5.74, 6) is -0.157. The van der Waals surface area contributed by atoms with Gasteiger partial charge in [0.05, 0.1) is 22.5 Å². The van der Waals surface area contributed by atoms with Crippen molar-refractivity contribution in [3.05, 3.63) is 57.1 Å². The van der Waals surface area contributed by atoms with Crippen LogP contribution in [0.5, 0.6) is 11.5 Å². The Morgan fingerprint density at radius 3 is 2.47 bits per heavy atom. The molecule has 2 N–H and O–H groups in total. The molecule has 1 saturated heterocycles. The zero-order valence-corrected chi connectivity index (χ0v) is 18.8. The average Bonchev–Trinajstić information content (AvgIpc) is 3.21. The molecule has 1 atom stereocenters. The van der Waals surface area contributed by atoms with Crippen molar-refractivity contribution in [3.63, 3.8) is 0 Å². The van der Waals surface area contributed by atoms with Crippen molar-refractivity contribution in [3.8, 4) is 11.5 Å². The van der Waals surface area contributed by atoms with E-state index in [1.807, 2.05) is 17.0 Å². The van der Waals surface area contributed by atoms with Gasteiger partial charge in [-0.2, -0.15) is 0 Å². The van der Waals surface area contributed by atoms with Gasteiger partial charge in [-0.1, -0.05) is 35.3 Å². The minimum absolute atomic E-state index is 0. The van der Waals surface area contributed by atoms with Crippen LogP contribution in [0.3, 0.4) is 0 Å². The number of likely N-dealkylation sites (tertiary alicyclic amines) is 1. The highest BCUT2D eigenvalue weighted by Crippen LogP contribution is 2.40. The molecule has 0 bridgehead atoms. The molecule has 1 unspecified atom stereocenters. The summed E-state index contributed by atoms with van der Waals surface area (Å²) in [6.07, 6.45) is 3.08. The average molecular weight is 472 g/mol. The molecule has 2 aromatic carbocycles. The van der Waals surface area contributed by atoms with Gasteiger partial charge in [-0.05, 0) is 61.7 Å². The van der Waals surface area contributed by atoms with Crippen LogP contribution in [0.1, 0.15) is 35.6 Å². The van der Waals surface area contributed by atoms with Crippen molar-refractivity contribution >= 4 is 41.5 Å². The van der Waals surface area contributed by atoms with E-state index in [4.69, 9.17) is 23.2 Å². The van der Waals surface area contributed by atoms with Gasteiger partial charge in [0.25, 0.3) is 0 Å². The Morgan fingerprint density at radius 1 is 1.03 bits per heavy atom. The highest BCUT2D eigenvalue weighted by molar-refractivity contribution is 6.42. The number of carbonyl (C=O) groups is 1. The summed E-state index contributed by atoms with van der Waals surface area (Å²) in [5, 5.41) is 21.2. The van der Waals surface area contributed by atoms with Crippen LogP contribution in [-0.4, -0.2) is 52.1 Å². The molecule has 2 aromatic rings. The first-order valence-corrected chi connectivity index (χ1v) is 10.7. The molecule has 0 saturated carbocycles. The minimum atomic E-state index is -0.154. The first kappa shape index (κ1) is 23.0. The third kappa shape index (κ3) is 4.65. The highest BCUT2D eigenvalue weighted by atomic mass is 35.5. The Bertz CT molecular complexity index is 932. The van der Waals surface area contributed by atoms with Gasteiger partial charge in [0, 0.05) is 18.7 Å². The van der Waals surface area contributed by atoms with Crippen molar-refractivity contribution in [2.45, 2.75) is 31.7 Å². The molecule has 1 fully saturated rings. The predicted molar refractivity (Wildman–Crippen MR) is 121 cm³/mol. The van der Waals surface area contributed by atoms with E-state index in [9.17, 15) is 15.0 Å². The fourth-order valence-electron chi connectivity index (χ4n) is 4.40. The molecular formula is C22H25Cl3N2O3. The molecule has 162 valence electrons. The molecule has 1 amide bonds. The number of amides is 1. The zero-order chi connectivity index (χ0) is 20.5. The lowest BCUT2D eigenvalue weighted by Gasteiger charge is -2.39. The van der Waals surface area contributed by atoms with Crippen LogP contribution >= 0.6 is 35.6 Å². The summed E-state index contributed by atoms with van der Waals surface area (Å²) in [6, 6.07) is 8.46. The summed E-state index contributed by atoms with van der Waals surface area (Å²) in [5.41, 5.74) is 2.48. The van der Waals surface area contributed by atoms with E-state index in [0.717, 1.165) is 49.2 Å². The zero-order valence-electron chi connectivity index (χ0n) is 16.5. The fourth-order valence-corrected chi connectivity index (χ4v) is 4.72. The second kappa shape index (κ2) is 9.65. The van der Waals surface area contributed by atoms with Crippen LogP contribution in [0.15, 0.2) is 30.3 Å². The number of fused-ring (bicyclic) bond motifs is 1. The summed E-state index contributed by atoms with van der Waals surface area (Å²) in [6.45, 7) is 3.27. The molecular weight excluding hydrogens is 447 g/mol. The lowest BCUT2D eigenvalue weighted by molar-refractivity contribution is -0.133. The van der Waals surface area contributed by atoms with Gasteiger partial charge in [-0.15, -0.1) is 12.4 Å². The first-order valence-electron chi connectivity index (χ1n) is 9.93. The molecule has 2 heterocycles. The lowest BCUT2D eigenvalue weighted by Crippen LogP contribution is -2.45.